The van der Waals surface area contributed by atoms with Gasteiger partial charge in [0.15, 0.2) is 5.75 Å². The summed E-state index contributed by atoms with van der Waals surface area (Å²) >= 11 is 0. The summed E-state index contributed by atoms with van der Waals surface area (Å²) in [7, 11) is 0. The van der Waals surface area contributed by atoms with Crippen LogP contribution < -0.4 is 14.4 Å². The minimum Gasteiger partial charge on any atom is -0.489 e. The van der Waals surface area contributed by atoms with Crippen molar-refractivity contribution in [3.8, 4) is 11.5 Å². The van der Waals surface area contributed by atoms with Crippen molar-refractivity contribution >= 4 is 11.7 Å². The summed E-state index contributed by atoms with van der Waals surface area (Å²) in [6.07, 6.45) is 5.15. The first-order valence-corrected chi connectivity index (χ1v) is 9.90. The van der Waals surface area contributed by atoms with E-state index in [-0.39, 0.29) is 23.9 Å². The van der Waals surface area contributed by atoms with Gasteiger partial charge in [-0.1, -0.05) is 19.1 Å². The van der Waals surface area contributed by atoms with Crippen LogP contribution in [0.4, 0.5) is 5.95 Å². The highest BCUT2D eigenvalue weighted by molar-refractivity contribution is 5.76. The maximum Gasteiger partial charge on any atom is 0.225 e. The molecule has 1 saturated heterocycles. The van der Waals surface area contributed by atoms with Crippen molar-refractivity contribution in [1.29, 1.82) is 0 Å². The third-order valence-electron chi connectivity index (χ3n) is 4.76. The standard InChI is InChI=1S/C22H29N3O3/c1-15(2)27-21-12-23-22(24-13-21)25-10-9-20(14-25)28-19-7-5-18(6-8-19)16(3)11-17(4)26/h5-8,12-13,15-16,20H,9-11,14H2,1-4H3/t16-,20-/m1/s1. The molecule has 0 N–H and O–H groups in total. The largest absolute Gasteiger partial charge is 0.489 e. The molecule has 28 heavy (non-hydrogen) atoms. The lowest BCUT2D eigenvalue weighted by molar-refractivity contribution is -0.117. The number of Topliss-reactive ketones (excluding diaryl/α,β-unsaturated/α-hetero) is 1. The summed E-state index contributed by atoms with van der Waals surface area (Å²) in [5, 5.41) is 0. The van der Waals surface area contributed by atoms with Crippen LogP contribution in [-0.2, 0) is 4.79 Å². The van der Waals surface area contributed by atoms with E-state index in [0.717, 1.165) is 30.8 Å². The molecule has 6 nitrogen and oxygen atoms in total. The van der Waals surface area contributed by atoms with Gasteiger partial charge in [0.2, 0.25) is 5.95 Å². The van der Waals surface area contributed by atoms with Gasteiger partial charge in [-0.15, -0.1) is 0 Å². The molecule has 1 aliphatic rings. The average molecular weight is 383 g/mol. The fourth-order valence-electron chi connectivity index (χ4n) is 3.43. The summed E-state index contributed by atoms with van der Waals surface area (Å²) in [5.74, 6) is 2.69. The Hall–Kier alpha value is -2.63. The van der Waals surface area contributed by atoms with Crippen LogP contribution >= 0.6 is 0 Å². The topological polar surface area (TPSA) is 64.5 Å². The highest BCUT2D eigenvalue weighted by atomic mass is 16.5. The van der Waals surface area contributed by atoms with E-state index < -0.39 is 0 Å². The van der Waals surface area contributed by atoms with Gasteiger partial charge in [-0.2, -0.15) is 0 Å². The molecule has 1 aliphatic heterocycles. The zero-order chi connectivity index (χ0) is 20.1. The van der Waals surface area contributed by atoms with Crippen LogP contribution in [0, 0.1) is 0 Å². The number of hydrogen-bond donors (Lipinski definition) is 0. The van der Waals surface area contributed by atoms with Gasteiger partial charge in [-0.25, -0.2) is 9.97 Å². The van der Waals surface area contributed by atoms with Crippen molar-refractivity contribution in [2.75, 3.05) is 18.0 Å². The Morgan fingerprint density at radius 2 is 1.82 bits per heavy atom. The summed E-state index contributed by atoms with van der Waals surface area (Å²) in [6.45, 7) is 9.29. The molecule has 0 saturated carbocycles. The Morgan fingerprint density at radius 1 is 1.14 bits per heavy atom. The number of anilines is 1. The van der Waals surface area contributed by atoms with Crippen LogP contribution in [-0.4, -0.2) is 41.0 Å². The van der Waals surface area contributed by atoms with Crippen LogP contribution in [0.1, 0.15) is 52.0 Å². The van der Waals surface area contributed by atoms with Gasteiger partial charge < -0.3 is 19.2 Å². The predicted molar refractivity (Wildman–Crippen MR) is 109 cm³/mol. The number of rotatable bonds is 8. The van der Waals surface area contributed by atoms with Gasteiger partial charge >= 0.3 is 0 Å². The summed E-state index contributed by atoms with van der Waals surface area (Å²) in [5.41, 5.74) is 1.16. The molecule has 0 bridgehead atoms. The molecule has 6 heteroatoms. The quantitative estimate of drug-likeness (QED) is 0.686. The molecule has 3 rings (SSSR count). The molecule has 0 amide bonds. The van der Waals surface area contributed by atoms with Crippen LogP contribution in [0.5, 0.6) is 11.5 Å². The number of hydrogen-bond acceptors (Lipinski definition) is 6. The minimum atomic E-state index is 0.107. The van der Waals surface area contributed by atoms with Gasteiger partial charge in [0.25, 0.3) is 0 Å². The molecule has 2 aromatic rings. The molecule has 1 fully saturated rings. The lowest BCUT2D eigenvalue weighted by Crippen LogP contribution is -2.26. The van der Waals surface area contributed by atoms with Crippen molar-refractivity contribution in [2.45, 2.75) is 58.7 Å². The maximum atomic E-state index is 11.3. The SMILES string of the molecule is CC(=O)C[C@@H](C)c1ccc(O[C@@H]2CCN(c3ncc(OC(C)C)cn3)C2)cc1. The average Bonchev–Trinajstić information content (AvgIpc) is 3.10. The monoisotopic (exact) mass is 383 g/mol. The van der Waals surface area contributed by atoms with Gasteiger partial charge in [-0.05, 0) is 44.4 Å². The van der Waals surface area contributed by atoms with E-state index in [1.165, 1.54) is 0 Å². The van der Waals surface area contributed by atoms with E-state index in [2.05, 4.69) is 21.8 Å². The van der Waals surface area contributed by atoms with Crippen molar-refractivity contribution in [1.82, 2.24) is 9.97 Å². The third kappa shape index (κ3) is 5.44. The fraction of sp³-hybridized carbons (Fsp3) is 0.500. The number of carbonyl (C=O) groups excluding carboxylic acids is 1. The van der Waals surface area contributed by atoms with E-state index in [1.54, 1.807) is 19.3 Å². The molecule has 1 aromatic carbocycles. The number of aromatic nitrogens is 2. The highest BCUT2D eigenvalue weighted by Crippen LogP contribution is 2.25. The fourth-order valence-corrected chi connectivity index (χ4v) is 3.43. The zero-order valence-corrected chi connectivity index (χ0v) is 17.1. The third-order valence-corrected chi connectivity index (χ3v) is 4.76. The first-order chi connectivity index (χ1) is 13.4. The second-order valence-electron chi connectivity index (χ2n) is 7.74. The second kappa shape index (κ2) is 9.04. The van der Waals surface area contributed by atoms with Crippen molar-refractivity contribution in [2.24, 2.45) is 0 Å². The van der Waals surface area contributed by atoms with Crippen LogP contribution in [0.25, 0.3) is 0 Å². The van der Waals surface area contributed by atoms with Gasteiger partial charge in [0.1, 0.15) is 17.6 Å². The minimum absolute atomic E-state index is 0.107. The molecule has 1 aromatic heterocycles. The molecular weight excluding hydrogens is 354 g/mol. The van der Waals surface area contributed by atoms with Gasteiger partial charge in [0, 0.05) is 19.4 Å². The van der Waals surface area contributed by atoms with E-state index >= 15 is 0 Å². The lowest BCUT2D eigenvalue weighted by atomic mass is 9.96. The second-order valence-corrected chi connectivity index (χ2v) is 7.74. The number of benzene rings is 1. The highest BCUT2D eigenvalue weighted by Gasteiger charge is 2.26. The normalized spacial score (nSPS) is 17.6. The van der Waals surface area contributed by atoms with E-state index in [9.17, 15) is 4.79 Å². The predicted octanol–water partition coefficient (Wildman–Crippen LogP) is 4.00. The Labute approximate surface area is 166 Å². The zero-order valence-electron chi connectivity index (χ0n) is 17.1. The number of nitrogens with zero attached hydrogens (tertiary/aromatic N) is 3. The van der Waals surface area contributed by atoms with E-state index in [4.69, 9.17) is 9.47 Å². The maximum absolute atomic E-state index is 11.3. The van der Waals surface area contributed by atoms with Crippen molar-refractivity contribution in [3.63, 3.8) is 0 Å². The van der Waals surface area contributed by atoms with Crippen LogP contribution in [0.3, 0.4) is 0 Å². The molecule has 0 unspecified atom stereocenters. The van der Waals surface area contributed by atoms with E-state index in [1.807, 2.05) is 38.1 Å². The van der Waals surface area contributed by atoms with E-state index in [0.29, 0.717) is 18.1 Å². The molecular formula is C22H29N3O3. The molecule has 2 atom stereocenters. The van der Waals surface area contributed by atoms with Crippen LogP contribution in [0.15, 0.2) is 36.7 Å². The number of ether oxygens (including phenoxy) is 2. The summed E-state index contributed by atoms with van der Waals surface area (Å²) < 4.78 is 11.7. The van der Waals surface area contributed by atoms with Gasteiger partial charge in [0.05, 0.1) is 25.0 Å². The van der Waals surface area contributed by atoms with Crippen molar-refractivity contribution in [3.05, 3.63) is 42.2 Å². The number of ketones is 1. The van der Waals surface area contributed by atoms with Crippen molar-refractivity contribution < 1.29 is 14.3 Å². The summed E-state index contributed by atoms with van der Waals surface area (Å²) in [6, 6.07) is 8.07. The summed E-state index contributed by atoms with van der Waals surface area (Å²) in [4.78, 5) is 22.3. The first-order valence-electron chi connectivity index (χ1n) is 9.90. The van der Waals surface area contributed by atoms with Gasteiger partial charge in [-0.3, -0.25) is 0 Å². The Kier molecular flexibility index (Phi) is 6.49. The Morgan fingerprint density at radius 3 is 2.43 bits per heavy atom. The molecule has 2 heterocycles. The first kappa shape index (κ1) is 20.1. The Balaban J connectivity index is 1.53. The molecule has 150 valence electrons. The molecule has 0 aliphatic carbocycles. The molecule has 0 radical (unpaired) electrons. The molecule has 0 spiro atoms. The Bertz CT molecular complexity index is 775. The number of carbonyl (C=O) groups is 1. The lowest BCUT2D eigenvalue weighted by Gasteiger charge is -2.18. The smallest absolute Gasteiger partial charge is 0.225 e. The van der Waals surface area contributed by atoms with Crippen LogP contribution in [0.2, 0.25) is 0 Å².